The number of halogens is 1. The van der Waals surface area contributed by atoms with Crippen molar-refractivity contribution in [2.24, 2.45) is 5.92 Å². The summed E-state index contributed by atoms with van der Waals surface area (Å²) in [7, 11) is 0. The fourth-order valence-electron chi connectivity index (χ4n) is 4.26. The summed E-state index contributed by atoms with van der Waals surface area (Å²) in [5, 5.41) is 4.17. The number of benzene rings is 1. The lowest BCUT2D eigenvalue weighted by Crippen LogP contribution is -2.45. The lowest BCUT2D eigenvalue weighted by molar-refractivity contribution is -0.0953. The summed E-state index contributed by atoms with van der Waals surface area (Å²) in [5.41, 5.74) is 3.72. The molecule has 0 amide bonds. The summed E-state index contributed by atoms with van der Waals surface area (Å²) >= 11 is 6.08. The van der Waals surface area contributed by atoms with Crippen LogP contribution in [0.2, 0.25) is 5.02 Å². The van der Waals surface area contributed by atoms with Crippen LogP contribution in [0.25, 0.3) is 22.6 Å². The average Bonchev–Trinajstić information content (AvgIpc) is 2.79. The molecule has 2 aliphatic rings. The van der Waals surface area contributed by atoms with Crippen molar-refractivity contribution in [3.05, 3.63) is 65.6 Å². The van der Waals surface area contributed by atoms with Crippen LogP contribution in [0, 0.1) is 5.92 Å². The highest BCUT2D eigenvalue weighted by molar-refractivity contribution is 6.30. The molecular weight excluding hydrogens is 384 g/mol. The Morgan fingerprint density at radius 2 is 1.90 bits per heavy atom. The van der Waals surface area contributed by atoms with Gasteiger partial charge >= 0.3 is 0 Å². The topological polar surface area (TPSA) is 59.9 Å². The van der Waals surface area contributed by atoms with E-state index in [1.54, 1.807) is 12.4 Å². The number of hydrogen-bond acceptors (Lipinski definition) is 5. The summed E-state index contributed by atoms with van der Waals surface area (Å²) in [6.45, 7) is 2.01. The first-order valence-electron chi connectivity index (χ1n) is 10.2. The SMILES string of the molecule is Clc1ccc(-c2cc(C3CCC4CCNCC4O3)nc(-c3cccnc3)n2)cc1. The molecule has 1 N–H and O–H groups in total. The molecule has 3 atom stereocenters. The van der Waals surface area contributed by atoms with Gasteiger partial charge in [0.15, 0.2) is 5.82 Å². The summed E-state index contributed by atoms with van der Waals surface area (Å²) < 4.78 is 6.49. The fraction of sp³-hybridized carbons (Fsp3) is 0.348. The summed E-state index contributed by atoms with van der Waals surface area (Å²) in [4.78, 5) is 13.9. The standard InChI is InChI=1S/C23H23ClN4O/c24-18-6-3-15(4-7-18)19-12-20(28-23(27-19)17-2-1-10-25-13-17)21-8-5-16-9-11-26-14-22(16)29-21/h1-4,6-7,10,12-13,16,21-22,26H,5,8-9,11,14H2. The van der Waals surface area contributed by atoms with E-state index >= 15 is 0 Å². The van der Waals surface area contributed by atoms with Crippen molar-refractivity contribution >= 4 is 11.6 Å². The Labute approximate surface area is 175 Å². The van der Waals surface area contributed by atoms with Crippen LogP contribution in [-0.4, -0.2) is 34.1 Å². The maximum atomic E-state index is 6.49. The van der Waals surface area contributed by atoms with Gasteiger partial charge in [0, 0.05) is 35.1 Å². The molecule has 2 aromatic heterocycles. The van der Waals surface area contributed by atoms with Gasteiger partial charge in [-0.15, -0.1) is 0 Å². The van der Waals surface area contributed by atoms with Crippen LogP contribution in [0.3, 0.4) is 0 Å². The van der Waals surface area contributed by atoms with Crippen molar-refractivity contribution in [3.63, 3.8) is 0 Å². The van der Waals surface area contributed by atoms with Crippen molar-refractivity contribution in [1.82, 2.24) is 20.3 Å². The van der Waals surface area contributed by atoms with Crippen molar-refractivity contribution in [1.29, 1.82) is 0 Å². The molecule has 0 bridgehead atoms. The minimum absolute atomic E-state index is 0.0133. The number of aromatic nitrogens is 3. The largest absolute Gasteiger partial charge is 0.367 e. The maximum absolute atomic E-state index is 6.49. The lowest BCUT2D eigenvalue weighted by atomic mass is 9.86. The molecule has 3 aromatic rings. The van der Waals surface area contributed by atoms with Crippen LogP contribution in [0.5, 0.6) is 0 Å². The number of fused-ring (bicyclic) bond motifs is 1. The van der Waals surface area contributed by atoms with Crippen molar-refractivity contribution in [3.8, 4) is 22.6 Å². The predicted octanol–water partition coefficient (Wildman–Crippen LogP) is 4.69. The van der Waals surface area contributed by atoms with E-state index in [0.717, 1.165) is 42.0 Å². The van der Waals surface area contributed by atoms with Crippen LogP contribution >= 0.6 is 11.6 Å². The highest BCUT2D eigenvalue weighted by Crippen LogP contribution is 2.37. The molecule has 0 spiro atoms. The third-order valence-corrected chi connectivity index (χ3v) is 6.09. The van der Waals surface area contributed by atoms with Gasteiger partial charge in [-0.05, 0) is 62.1 Å². The first-order chi connectivity index (χ1) is 14.3. The van der Waals surface area contributed by atoms with E-state index in [-0.39, 0.29) is 12.2 Å². The zero-order chi connectivity index (χ0) is 19.6. The Morgan fingerprint density at radius 1 is 1.00 bits per heavy atom. The lowest BCUT2D eigenvalue weighted by Gasteiger charge is -2.39. The van der Waals surface area contributed by atoms with Crippen LogP contribution < -0.4 is 5.32 Å². The minimum atomic E-state index is -0.0133. The Balaban J connectivity index is 1.53. The van der Waals surface area contributed by atoms with E-state index < -0.39 is 0 Å². The summed E-state index contributed by atoms with van der Waals surface area (Å²) in [6.07, 6.45) is 7.17. The van der Waals surface area contributed by atoms with E-state index in [2.05, 4.69) is 16.4 Å². The monoisotopic (exact) mass is 406 g/mol. The number of ether oxygens (including phenoxy) is 1. The normalized spacial score (nSPS) is 24.1. The molecule has 29 heavy (non-hydrogen) atoms. The zero-order valence-electron chi connectivity index (χ0n) is 16.1. The molecule has 6 heteroatoms. The van der Waals surface area contributed by atoms with Gasteiger partial charge in [0.05, 0.1) is 17.5 Å². The molecule has 2 saturated heterocycles. The number of piperidine rings is 1. The van der Waals surface area contributed by atoms with E-state index in [1.807, 2.05) is 36.4 Å². The number of hydrogen-bond donors (Lipinski definition) is 1. The highest BCUT2D eigenvalue weighted by atomic mass is 35.5. The van der Waals surface area contributed by atoms with Gasteiger partial charge in [0.25, 0.3) is 0 Å². The molecule has 2 aliphatic heterocycles. The molecule has 4 heterocycles. The van der Waals surface area contributed by atoms with Gasteiger partial charge in [-0.25, -0.2) is 9.97 Å². The van der Waals surface area contributed by atoms with E-state index in [0.29, 0.717) is 16.8 Å². The minimum Gasteiger partial charge on any atom is -0.367 e. The molecule has 0 aliphatic carbocycles. The van der Waals surface area contributed by atoms with Crippen molar-refractivity contribution in [2.45, 2.75) is 31.5 Å². The van der Waals surface area contributed by atoms with Crippen LogP contribution in [0.15, 0.2) is 54.9 Å². The number of pyridine rings is 1. The van der Waals surface area contributed by atoms with Gasteiger partial charge in [-0.2, -0.15) is 0 Å². The summed E-state index contributed by atoms with van der Waals surface area (Å²) in [5.74, 6) is 1.33. The number of nitrogens with zero attached hydrogens (tertiary/aromatic N) is 3. The Hall–Kier alpha value is -2.34. The second-order valence-electron chi connectivity index (χ2n) is 7.74. The Bertz CT molecular complexity index is 980. The molecule has 1 aromatic carbocycles. The number of rotatable bonds is 3. The molecule has 5 nitrogen and oxygen atoms in total. The molecule has 2 fully saturated rings. The highest BCUT2D eigenvalue weighted by Gasteiger charge is 2.34. The molecule has 0 radical (unpaired) electrons. The van der Waals surface area contributed by atoms with E-state index in [1.165, 1.54) is 12.8 Å². The third kappa shape index (κ3) is 4.04. The Morgan fingerprint density at radius 3 is 2.72 bits per heavy atom. The Kier molecular flexibility index (Phi) is 5.27. The first kappa shape index (κ1) is 18.7. The van der Waals surface area contributed by atoms with Gasteiger partial charge in [-0.3, -0.25) is 4.98 Å². The van der Waals surface area contributed by atoms with Gasteiger partial charge in [0.2, 0.25) is 0 Å². The van der Waals surface area contributed by atoms with Crippen LogP contribution in [0.4, 0.5) is 0 Å². The summed E-state index contributed by atoms with van der Waals surface area (Å²) in [6, 6.07) is 13.7. The second kappa shape index (κ2) is 8.19. The molecule has 3 unspecified atom stereocenters. The van der Waals surface area contributed by atoms with Crippen molar-refractivity contribution in [2.75, 3.05) is 13.1 Å². The van der Waals surface area contributed by atoms with Gasteiger partial charge < -0.3 is 10.1 Å². The maximum Gasteiger partial charge on any atom is 0.161 e. The predicted molar refractivity (Wildman–Crippen MR) is 114 cm³/mol. The van der Waals surface area contributed by atoms with E-state index in [9.17, 15) is 0 Å². The molecule has 5 rings (SSSR count). The smallest absolute Gasteiger partial charge is 0.161 e. The quantitative estimate of drug-likeness (QED) is 0.683. The molecule has 0 saturated carbocycles. The van der Waals surface area contributed by atoms with Gasteiger partial charge in [0.1, 0.15) is 6.10 Å². The zero-order valence-corrected chi connectivity index (χ0v) is 16.8. The third-order valence-electron chi connectivity index (χ3n) is 5.84. The van der Waals surface area contributed by atoms with E-state index in [4.69, 9.17) is 26.3 Å². The fourth-order valence-corrected chi connectivity index (χ4v) is 4.39. The molecule has 148 valence electrons. The second-order valence-corrected chi connectivity index (χ2v) is 8.18. The van der Waals surface area contributed by atoms with Gasteiger partial charge in [-0.1, -0.05) is 23.7 Å². The van der Waals surface area contributed by atoms with Crippen LogP contribution in [-0.2, 0) is 4.74 Å². The first-order valence-corrected chi connectivity index (χ1v) is 10.6. The van der Waals surface area contributed by atoms with Crippen LogP contribution in [0.1, 0.15) is 31.1 Å². The number of nitrogens with one attached hydrogen (secondary N) is 1. The molecular formula is C23H23ClN4O. The van der Waals surface area contributed by atoms with Crippen molar-refractivity contribution < 1.29 is 4.74 Å². The average molecular weight is 407 g/mol.